The molecule has 0 fully saturated rings. The van der Waals surface area contributed by atoms with Crippen molar-refractivity contribution in [2.24, 2.45) is 0 Å². The van der Waals surface area contributed by atoms with E-state index in [1.54, 1.807) is 24.3 Å². The second-order valence-corrected chi connectivity index (χ2v) is 5.13. The van der Waals surface area contributed by atoms with E-state index in [0.29, 0.717) is 5.75 Å². The molecule has 0 spiro atoms. The van der Waals surface area contributed by atoms with Crippen LogP contribution >= 0.6 is 7.60 Å². The summed E-state index contributed by atoms with van der Waals surface area (Å²) < 4.78 is 25.5. The molecule has 0 amide bonds. The lowest BCUT2D eigenvalue weighted by molar-refractivity contribution is 0.203. The van der Waals surface area contributed by atoms with Gasteiger partial charge in [0.05, 0.1) is 0 Å². The fraction of sp³-hybridized carbons (Fsp3) is 0.300. The SMILES string of the molecule is COP(=O)(OC)C(=O)Oc1ccc(C)cc1. The van der Waals surface area contributed by atoms with Crippen molar-refractivity contribution in [3.8, 4) is 5.75 Å². The van der Waals surface area contributed by atoms with Gasteiger partial charge in [0.2, 0.25) is 0 Å². The largest absolute Gasteiger partial charge is 0.438 e. The topological polar surface area (TPSA) is 61.8 Å². The highest BCUT2D eigenvalue weighted by atomic mass is 31.2. The van der Waals surface area contributed by atoms with Crippen molar-refractivity contribution in [2.75, 3.05) is 14.2 Å². The Balaban J connectivity index is 2.78. The van der Waals surface area contributed by atoms with Gasteiger partial charge in [-0.1, -0.05) is 17.7 Å². The molecule has 0 aliphatic heterocycles. The van der Waals surface area contributed by atoms with Gasteiger partial charge in [-0.15, -0.1) is 0 Å². The molecule has 1 aromatic carbocycles. The van der Waals surface area contributed by atoms with Crippen molar-refractivity contribution in [3.63, 3.8) is 0 Å². The molecule has 1 aromatic rings. The summed E-state index contributed by atoms with van der Waals surface area (Å²) in [5.74, 6) is 0.296. The van der Waals surface area contributed by atoms with E-state index in [2.05, 4.69) is 9.05 Å². The second-order valence-electron chi connectivity index (χ2n) is 3.04. The summed E-state index contributed by atoms with van der Waals surface area (Å²) in [6.45, 7) is 1.90. The van der Waals surface area contributed by atoms with Crippen molar-refractivity contribution in [1.82, 2.24) is 0 Å². The van der Waals surface area contributed by atoms with Gasteiger partial charge in [-0.25, -0.2) is 9.36 Å². The summed E-state index contributed by atoms with van der Waals surface area (Å²) in [5, 5.41) is 0. The highest BCUT2D eigenvalue weighted by Crippen LogP contribution is 2.48. The number of rotatable bonds is 4. The smallest absolute Gasteiger partial charge is 0.417 e. The number of carbonyl (C=O) groups excluding carboxylic acids is 1. The van der Waals surface area contributed by atoms with Crippen molar-refractivity contribution in [2.45, 2.75) is 6.92 Å². The lowest BCUT2D eigenvalue weighted by Gasteiger charge is -2.11. The van der Waals surface area contributed by atoms with E-state index in [1.807, 2.05) is 6.92 Å². The van der Waals surface area contributed by atoms with Crippen LogP contribution in [0.1, 0.15) is 5.56 Å². The molecule has 5 nitrogen and oxygen atoms in total. The zero-order chi connectivity index (χ0) is 12.2. The van der Waals surface area contributed by atoms with Crippen LogP contribution in [0.5, 0.6) is 5.75 Å². The van der Waals surface area contributed by atoms with E-state index in [-0.39, 0.29) is 0 Å². The number of hydrogen-bond donors (Lipinski definition) is 0. The minimum atomic E-state index is -3.81. The molecule has 0 radical (unpaired) electrons. The number of benzene rings is 1. The molecule has 88 valence electrons. The third-order valence-electron chi connectivity index (χ3n) is 1.93. The van der Waals surface area contributed by atoms with E-state index in [4.69, 9.17) is 4.74 Å². The first-order valence-electron chi connectivity index (χ1n) is 4.52. The molecular formula is C10H13O5P. The van der Waals surface area contributed by atoms with E-state index in [1.165, 1.54) is 0 Å². The number of ether oxygens (including phenoxy) is 1. The molecule has 0 heterocycles. The number of aryl methyl sites for hydroxylation is 1. The normalized spacial score (nSPS) is 11.2. The quantitative estimate of drug-likeness (QED) is 0.762. The van der Waals surface area contributed by atoms with Gasteiger partial charge < -0.3 is 13.8 Å². The Morgan fingerprint density at radius 3 is 2.06 bits per heavy atom. The van der Waals surface area contributed by atoms with Crippen LogP contribution in [0, 0.1) is 6.92 Å². The van der Waals surface area contributed by atoms with Crippen molar-refractivity contribution in [3.05, 3.63) is 29.8 Å². The Morgan fingerprint density at radius 1 is 1.12 bits per heavy atom. The van der Waals surface area contributed by atoms with Crippen LogP contribution in [0.2, 0.25) is 0 Å². The second kappa shape index (κ2) is 5.25. The van der Waals surface area contributed by atoms with E-state index in [0.717, 1.165) is 19.8 Å². The number of carbonyl (C=O) groups is 1. The third-order valence-corrected chi connectivity index (χ3v) is 3.43. The van der Waals surface area contributed by atoms with Crippen molar-refractivity contribution >= 4 is 13.3 Å². The van der Waals surface area contributed by atoms with Crippen LogP contribution in [-0.4, -0.2) is 19.9 Å². The van der Waals surface area contributed by atoms with Gasteiger partial charge in [0.15, 0.2) is 0 Å². The van der Waals surface area contributed by atoms with E-state index >= 15 is 0 Å². The minimum absolute atomic E-state index is 0.296. The molecule has 0 saturated heterocycles. The summed E-state index contributed by atoms with van der Waals surface area (Å²) in [4.78, 5) is 11.4. The average molecular weight is 244 g/mol. The van der Waals surface area contributed by atoms with Crippen LogP contribution in [-0.2, 0) is 13.6 Å². The minimum Gasteiger partial charge on any atom is -0.417 e. The van der Waals surface area contributed by atoms with E-state index in [9.17, 15) is 9.36 Å². The monoisotopic (exact) mass is 244 g/mol. The van der Waals surface area contributed by atoms with Crippen LogP contribution in [0.3, 0.4) is 0 Å². The molecule has 0 aromatic heterocycles. The summed E-state index contributed by atoms with van der Waals surface area (Å²) in [6.07, 6.45) is 0. The molecule has 0 aliphatic rings. The van der Waals surface area contributed by atoms with Crippen LogP contribution in [0.25, 0.3) is 0 Å². The Morgan fingerprint density at radius 2 is 1.62 bits per heavy atom. The van der Waals surface area contributed by atoms with Crippen LogP contribution in [0.4, 0.5) is 4.79 Å². The first-order chi connectivity index (χ1) is 7.51. The third kappa shape index (κ3) is 2.92. The predicted molar refractivity (Wildman–Crippen MR) is 58.8 cm³/mol. The molecule has 1 rings (SSSR count). The standard InChI is InChI=1S/C10H13O5P/c1-8-4-6-9(7-5-8)15-10(11)16(12,13-2)14-3/h4-7H,1-3H3. The molecule has 0 bridgehead atoms. The van der Waals surface area contributed by atoms with E-state index < -0.39 is 13.3 Å². The first-order valence-corrected chi connectivity index (χ1v) is 6.06. The van der Waals surface area contributed by atoms with Gasteiger partial charge >= 0.3 is 13.3 Å². The zero-order valence-corrected chi connectivity index (χ0v) is 10.2. The molecule has 0 N–H and O–H groups in total. The molecule has 6 heteroatoms. The summed E-state index contributed by atoms with van der Waals surface area (Å²) >= 11 is 0. The van der Waals surface area contributed by atoms with Gasteiger partial charge in [-0.05, 0) is 19.1 Å². The van der Waals surface area contributed by atoms with Crippen molar-refractivity contribution in [1.29, 1.82) is 0 Å². The number of hydrogen-bond acceptors (Lipinski definition) is 5. The molecular weight excluding hydrogens is 231 g/mol. The Bertz CT molecular complexity index is 404. The van der Waals surface area contributed by atoms with Gasteiger partial charge in [0.25, 0.3) is 0 Å². The Kier molecular flexibility index (Phi) is 4.24. The molecule has 0 aliphatic carbocycles. The molecule has 0 saturated carbocycles. The summed E-state index contributed by atoms with van der Waals surface area (Å²) in [5.41, 5.74) is 0.00261. The highest BCUT2D eigenvalue weighted by molar-refractivity contribution is 7.71. The lowest BCUT2D eigenvalue weighted by Crippen LogP contribution is -2.09. The lowest BCUT2D eigenvalue weighted by atomic mass is 10.2. The van der Waals surface area contributed by atoms with Crippen molar-refractivity contribution < 1.29 is 23.1 Å². The Hall–Kier alpha value is -1.16. The predicted octanol–water partition coefficient (Wildman–Crippen LogP) is 2.98. The maximum Gasteiger partial charge on any atom is 0.438 e. The maximum atomic E-state index is 11.6. The van der Waals surface area contributed by atoms with Gasteiger partial charge in [-0.3, -0.25) is 0 Å². The zero-order valence-electron chi connectivity index (χ0n) is 9.30. The molecule has 0 atom stereocenters. The highest BCUT2D eigenvalue weighted by Gasteiger charge is 2.35. The summed E-state index contributed by atoms with van der Waals surface area (Å²) in [6, 6.07) is 6.74. The average Bonchev–Trinajstić information content (AvgIpc) is 2.31. The van der Waals surface area contributed by atoms with Gasteiger partial charge in [0.1, 0.15) is 5.75 Å². The van der Waals surface area contributed by atoms with Gasteiger partial charge in [-0.2, -0.15) is 0 Å². The van der Waals surface area contributed by atoms with Crippen LogP contribution < -0.4 is 4.74 Å². The van der Waals surface area contributed by atoms with Crippen LogP contribution in [0.15, 0.2) is 24.3 Å². The Labute approximate surface area is 93.9 Å². The fourth-order valence-electron chi connectivity index (χ4n) is 0.987. The maximum absolute atomic E-state index is 11.6. The first kappa shape index (κ1) is 12.9. The van der Waals surface area contributed by atoms with Gasteiger partial charge in [0, 0.05) is 14.2 Å². The molecule has 0 unspecified atom stereocenters. The summed E-state index contributed by atoms with van der Waals surface area (Å²) in [7, 11) is -1.56. The fourth-order valence-corrected chi connectivity index (χ4v) is 1.65. The molecule has 16 heavy (non-hydrogen) atoms.